The number of hydrogen-bond acceptors (Lipinski definition) is 0. The summed E-state index contributed by atoms with van der Waals surface area (Å²) in [4.78, 5) is 0. The zero-order valence-electron chi connectivity index (χ0n) is 15.0. The third-order valence-corrected chi connectivity index (χ3v) is 4.25. The number of rotatable bonds is 4. The second kappa shape index (κ2) is 18.2. The quantitative estimate of drug-likeness (QED) is 0.255. The van der Waals surface area contributed by atoms with Crippen molar-refractivity contribution < 1.29 is 58.9 Å². The summed E-state index contributed by atoms with van der Waals surface area (Å²) in [5.74, 6) is 1.47. The van der Waals surface area contributed by atoms with Crippen LogP contribution in [0, 0.1) is 12.0 Å². The van der Waals surface area contributed by atoms with Crippen LogP contribution in [0.5, 0.6) is 0 Å². The van der Waals surface area contributed by atoms with Gasteiger partial charge in [0.15, 0.2) is 0 Å². The van der Waals surface area contributed by atoms with E-state index in [-0.39, 0.29) is 66.9 Å². The van der Waals surface area contributed by atoms with Crippen molar-refractivity contribution in [3.63, 3.8) is 0 Å². The molecule has 1 radical (unpaired) electrons. The molecule has 0 amide bonds. The van der Waals surface area contributed by atoms with E-state index >= 15 is 0 Å². The minimum atomic E-state index is 0. The molecule has 0 heterocycles. The minimum Gasteiger partial charge on any atom is -1.00 e. The van der Waals surface area contributed by atoms with Crippen molar-refractivity contribution in [3.8, 4) is 0 Å². The summed E-state index contributed by atoms with van der Waals surface area (Å²) >= 11 is 0. The van der Waals surface area contributed by atoms with E-state index in [9.17, 15) is 0 Å². The van der Waals surface area contributed by atoms with E-state index in [1.807, 2.05) is 12.2 Å². The molecule has 0 saturated carbocycles. The van der Waals surface area contributed by atoms with E-state index < -0.39 is 0 Å². The van der Waals surface area contributed by atoms with E-state index in [1.165, 1.54) is 23.2 Å². The molecule has 0 fully saturated rings. The van der Waals surface area contributed by atoms with Crippen LogP contribution in [0.3, 0.4) is 0 Å². The monoisotopic (exact) mass is 459 g/mol. The van der Waals surface area contributed by atoms with Crippen LogP contribution in [-0.4, -0.2) is 19.5 Å². The zero-order chi connectivity index (χ0) is 15.6. The molecule has 0 N–H and O–H groups in total. The zero-order valence-corrected chi connectivity index (χ0v) is 19.7. The molecule has 1 aliphatic carbocycles. The molecular weight excluding hydrogens is 437 g/mol. The molecule has 5 heteroatoms. The Bertz CT molecular complexity index is 552. The standard InChI is InChI=1S/C16H18P.C5H5.3ClH.Ti/c1-17(2)13-16(14-9-5-3-6-10-14)15-11-7-4-8-12-15;1-2-4-5-3-1;;;;/h3-12H,13H2,1-2H3;1-3H,4H2;3*1H;/q2*-1;;;;+3/p-3. The van der Waals surface area contributed by atoms with Crippen LogP contribution in [0.1, 0.15) is 17.5 Å². The minimum absolute atomic E-state index is 0. The number of hydrogen-bond donors (Lipinski definition) is 0. The van der Waals surface area contributed by atoms with E-state index in [0.717, 1.165) is 6.42 Å². The molecule has 0 nitrogen and oxygen atoms in total. The van der Waals surface area contributed by atoms with Crippen molar-refractivity contribution in [3.05, 3.63) is 102 Å². The largest absolute Gasteiger partial charge is 3.00 e. The van der Waals surface area contributed by atoms with Gasteiger partial charge in [0.1, 0.15) is 0 Å². The van der Waals surface area contributed by atoms with E-state index in [1.54, 1.807) is 0 Å². The average Bonchev–Trinajstić information content (AvgIpc) is 3.14. The van der Waals surface area contributed by atoms with Crippen LogP contribution >= 0.6 is 7.92 Å². The normalized spacial score (nSPS) is 10.3. The molecule has 0 aromatic heterocycles. The molecule has 0 atom stereocenters. The van der Waals surface area contributed by atoms with Gasteiger partial charge < -0.3 is 37.2 Å². The Morgan fingerprint density at radius 3 is 1.58 bits per heavy atom. The maximum Gasteiger partial charge on any atom is 3.00 e. The Hall–Kier alpha value is -0.196. The van der Waals surface area contributed by atoms with Crippen molar-refractivity contribution in [2.45, 2.75) is 6.42 Å². The molecule has 0 spiro atoms. The second-order valence-electron chi connectivity index (χ2n) is 5.45. The molecule has 3 rings (SSSR count). The fourth-order valence-electron chi connectivity index (χ4n) is 2.28. The summed E-state index contributed by atoms with van der Waals surface area (Å²) in [5.41, 5.74) is 2.71. The van der Waals surface area contributed by atoms with Crippen LogP contribution in [-0.2, 0) is 21.7 Å². The van der Waals surface area contributed by atoms with E-state index in [0.29, 0.717) is 0 Å². The molecule has 2 aromatic rings. The molecule has 26 heavy (non-hydrogen) atoms. The van der Waals surface area contributed by atoms with Gasteiger partial charge >= 0.3 is 21.7 Å². The SMILES string of the molecule is CP(C)C[C-](c1ccccc1)c1ccccc1.[C-]1=CC=CC1.[Cl-].[Cl-].[Cl-].[Ti+3]. The molecule has 139 valence electrons. The van der Waals surface area contributed by atoms with E-state index in [4.69, 9.17) is 0 Å². The average molecular weight is 461 g/mol. The maximum atomic E-state index is 2.99. The number of allylic oxidation sites excluding steroid dienone is 4. The molecule has 2 aromatic carbocycles. The van der Waals surface area contributed by atoms with Gasteiger partial charge in [-0.25, -0.2) is 12.2 Å². The van der Waals surface area contributed by atoms with Gasteiger partial charge in [0.25, 0.3) is 0 Å². The van der Waals surface area contributed by atoms with Gasteiger partial charge in [0.05, 0.1) is 0 Å². The van der Waals surface area contributed by atoms with Crippen LogP contribution in [0.2, 0.25) is 0 Å². The van der Waals surface area contributed by atoms with Gasteiger partial charge in [-0.1, -0.05) is 36.4 Å². The third kappa shape index (κ3) is 11.5. The molecule has 0 saturated heterocycles. The first-order valence-corrected chi connectivity index (χ1v) is 10.0. The van der Waals surface area contributed by atoms with Crippen molar-refractivity contribution in [1.82, 2.24) is 0 Å². The van der Waals surface area contributed by atoms with Crippen LogP contribution < -0.4 is 37.2 Å². The Balaban J connectivity index is -0.000000515. The van der Waals surface area contributed by atoms with Gasteiger partial charge in [0, 0.05) is 0 Å². The summed E-state index contributed by atoms with van der Waals surface area (Å²) in [7, 11) is 0.0759. The first-order valence-electron chi connectivity index (χ1n) is 7.60. The van der Waals surface area contributed by atoms with Gasteiger partial charge in [0.2, 0.25) is 0 Å². The van der Waals surface area contributed by atoms with Crippen molar-refractivity contribution in [2.75, 3.05) is 19.5 Å². The molecule has 0 aliphatic heterocycles. The van der Waals surface area contributed by atoms with Crippen molar-refractivity contribution >= 4 is 7.92 Å². The first kappa shape index (κ1) is 30.5. The predicted molar refractivity (Wildman–Crippen MR) is 99.5 cm³/mol. The summed E-state index contributed by atoms with van der Waals surface area (Å²) in [6, 6.07) is 21.5. The summed E-state index contributed by atoms with van der Waals surface area (Å²) in [6.07, 6.45) is 11.2. The fraction of sp³-hybridized carbons (Fsp3) is 0.190. The van der Waals surface area contributed by atoms with Crippen LogP contribution in [0.25, 0.3) is 0 Å². The molecular formula is C21H23Cl3PTi-2. The Morgan fingerprint density at radius 2 is 1.31 bits per heavy atom. The van der Waals surface area contributed by atoms with Crippen LogP contribution in [0.15, 0.2) is 78.9 Å². The first-order chi connectivity index (χ1) is 10.8. The maximum absolute atomic E-state index is 2.99. The smallest absolute Gasteiger partial charge is 1.00 e. The Labute approximate surface area is 193 Å². The van der Waals surface area contributed by atoms with Crippen LogP contribution in [0.4, 0.5) is 0 Å². The predicted octanol–water partition coefficient (Wildman–Crippen LogP) is -3.29. The Morgan fingerprint density at radius 1 is 0.846 bits per heavy atom. The number of benzene rings is 2. The summed E-state index contributed by atoms with van der Waals surface area (Å²) in [5, 5.41) is 0. The van der Waals surface area contributed by atoms with Crippen molar-refractivity contribution in [2.24, 2.45) is 0 Å². The third-order valence-electron chi connectivity index (χ3n) is 3.30. The summed E-state index contributed by atoms with van der Waals surface area (Å²) < 4.78 is 0. The van der Waals surface area contributed by atoms with E-state index in [2.05, 4.69) is 86.1 Å². The van der Waals surface area contributed by atoms with Crippen molar-refractivity contribution in [1.29, 1.82) is 0 Å². The molecule has 0 bridgehead atoms. The topological polar surface area (TPSA) is 0 Å². The molecule has 1 aliphatic rings. The van der Waals surface area contributed by atoms with Gasteiger partial charge in [-0.3, -0.25) is 6.08 Å². The number of halogens is 3. The second-order valence-corrected chi connectivity index (χ2v) is 7.93. The Kier molecular flexibility index (Phi) is 21.3. The van der Waals surface area contributed by atoms with Gasteiger partial charge in [-0.15, -0.1) is 55.7 Å². The summed E-state index contributed by atoms with van der Waals surface area (Å²) in [6.45, 7) is 4.67. The van der Waals surface area contributed by atoms with Gasteiger partial charge in [-0.2, -0.15) is 6.08 Å². The molecule has 0 unspecified atom stereocenters. The fourth-order valence-corrected chi connectivity index (χ4v) is 3.28. The van der Waals surface area contributed by atoms with Gasteiger partial charge in [-0.05, 0) is 19.5 Å².